The highest BCUT2D eigenvalue weighted by molar-refractivity contribution is 6.42. The summed E-state index contributed by atoms with van der Waals surface area (Å²) in [4.78, 5) is 0. The molecule has 0 aliphatic carbocycles. The molecule has 2 aromatic carbocycles. The molecule has 0 heterocycles. The smallest absolute Gasteiger partial charge is 0.149 e. The molecule has 0 saturated heterocycles. The van der Waals surface area contributed by atoms with Gasteiger partial charge in [0.25, 0.3) is 0 Å². The Balaban J connectivity index is 2.26. The number of halogens is 4. The van der Waals surface area contributed by atoms with Gasteiger partial charge in [-0.05, 0) is 36.2 Å². The predicted octanol–water partition coefficient (Wildman–Crippen LogP) is 5.83. The van der Waals surface area contributed by atoms with E-state index in [1.165, 1.54) is 12.1 Å². The second kappa shape index (κ2) is 6.42. The van der Waals surface area contributed by atoms with E-state index in [4.69, 9.17) is 23.2 Å². The van der Waals surface area contributed by atoms with Crippen LogP contribution in [0.4, 0.5) is 14.5 Å². The van der Waals surface area contributed by atoms with E-state index in [0.717, 1.165) is 18.1 Å². The number of hydrogen-bond donors (Lipinski definition) is 1. The topological polar surface area (TPSA) is 12.0 Å². The molecule has 0 aromatic heterocycles. The van der Waals surface area contributed by atoms with Crippen molar-refractivity contribution in [3.05, 3.63) is 63.6 Å². The second-order valence-electron chi connectivity index (χ2n) is 4.40. The molecular weight excluding hydrogens is 303 g/mol. The normalized spacial score (nSPS) is 12.2. The van der Waals surface area contributed by atoms with Gasteiger partial charge in [-0.25, -0.2) is 8.78 Å². The fraction of sp³-hybridized carbons (Fsp3) is 0.200. The zero-order valence-corrected chi connectivity index (χ0v) is 12.3. The maximum atomic E-state index is 13.7. The van der Waals surface area contributed by atoms with Crippen LogP contribution in [0.2, 0.25) is 10.0 Å². The summed E-state index contributed by atoms with van der Waals surface area (Å²) in [6.45, 7) is 1.96. The lowest BCUT2D eigenvalue weighted by atomic mass is 10.0. The first-order valence-electron chi connectivity index (χ1n) is 6.17. The Labute approximate surface area is 126 Å². The molecule has 0 bridgehead atoms. The zero-order valence-electron chi connectivity index (χ0n) is 10.8. The van der Waals surface area contributed by atoms with Crippen LogP contribution in [0.1, 0.15) is 24.9 Å². The average Bonchev–Trinajstić information content (AvgIpc) is 2.41. The van der Waals surface area contributed by atoms with Crippen molar-refractivity contribution in [3.8, 4) is 0 Å². The Hall–Kier alpha value is -1.32. The van der Waals surface area contributed by atoms with Crippen LogP contribution in [-0.4, -0.2) is 0 Å². The summed E-state index contributed by atoms with van der Waals surface area (Å²) >= 11 is 11.9. The van der Waals surface area contributed by atoms with Crippen molar-refractivity contribution in [1.82, 2.24) is 0 Å². The molecule has 1 atom stereocenters. The Morgan fingerprint density at radius 3 is 2.40 bits per heavy atom. The van der Waals surface area contributed by atoms with Crippen LogP contribution in [0.5, 0.6) is 0 Å². The van der Waals surface area contributed by atoms with Crippen molar-refractivity contribution in [2.45, 2.75) is 19.4 Å². The number of benzene rings is 2. The maximum Gasteiger partial charge on any atom is 0.149 e. The van der Waals surface area contributed by atoms with Gasteiger partial charge in [0, 0.05) is 6.07 Å². The molecule has 1 unspecified atom stereocenters. The highest BCUT2D eigenvalue weighted by Crippen LogP contribution is 2.29. The first kappa shape index (κ1) is 15.1. The summed E-state index contributed by atoms with van der Waals surface area (Å²) in [5.74, 6) is -1.22. The second-order valence-corrected chi connectivity index (χ2v) is 5.22. The average molecular weight is 316 g/mol. The third-order valence-corrected chi connectivity index (χ3v) is 3.75. The molecule has 2 rings (SSSR count). The standard InChI is InChI=1S/C15H13Cl2F2N/c1-2-14(9-3-5-11(16)12(17)7-9)20-15-6-4-10(18)8-13(15)19/h3-8,14,20H,2H2,1H3. The molecule has 0 saturated carbocycles. The van der Waals surface area contributed by atoms with Crippen molar-refractivity contribution < 1.29 is 8.78 Å². The van der Waals surface area contributed by atoms with Crippen LogP contribution in [-0.2, 0) is 0 Å². The summed E-state index contributed by atoms with van der Waals surface area (Å²) in [5.41, 5.74) is 1.15. The van der Waals surface area contributed by atoms with Crippen LogP contribution in [0.3, 0.4) is 0 Å². The van der Waals surface area contributed by atoms with Gasteiger partial charge in [-0.1, -0.05) is 36.2 Å². The van der Waals surface area contributed by atoms with Crippen LogP contribution in [0, 0.1) is 11.6 Å². The number of hydrogen-bond acceptors (Lipinski definition) is 1. The first-order valence-corrected chi connectivity index (χ1v) is 6.93. The molecule has 0 aliphatic heterocycles. The number of rotatable bonds is 4. The van der Waals surface area contributed by atoms with Crippen LogP contribution in [0.15, 0.2) is 36.4 Å². The summed E-state index contributed by atoms with van der Waals surface area (Å²) in [7, 11) is 0. The summed E-state index contributed by atoms with van der Waals surface area (Å²) < 4.78 is 26.5. The van der Waals surface area contributed by atoms with Gasteiger partial charge < -0.3 is 5.32 Å². The van der Waals surface area contributed by atoms with E-state index in [9.17, 15) is 8.78 Å². The van der Waals surface area contributed by atoms with E-state index < -0.39 is 11.6 Å². The predicted molar refractivity (Wildman–Crippen MR) is 79.5 cm³/mol. The van der Waals surface area contributed by atoms with Gasteiger partial charge in [-0.3, -0.25) is 0 Å². The number of nitrogens with one attached hydrogen (secondary N) is 1. The third kappa shape index (κ3) is 3.41. The minimum atomic E-state index is -0.622. The largest absolute Gasteiger partial charge is 0.376 e. The lowest BCUT2D eigenvalue weighted by Crippen LogP contribution is -2.11. The van der Waals surface area contributed by atoms with Gasteiger partial charge in [0.1, 0.15) is 11.6 Å². The van der Waals surface area contributed by atoms with Gasteiger partial charge in [0.2, 0.25) is 0 Å². The van der Waals surface area contributed by atoms with E-state index >= 15 is 0 Å². The van der Waals surface area contributed by atoms with Gasteiger partial charge in [-0.15, -0.1) is 0 Å². The molecule has 106 valence electrons. The molecule has 0 amide bonds. The highest BCUT2D eigenvalue weighted by atomic mass is 35.5. The quantitative estimate of drug-likeness (QED) is 0.748. The maximum absolute atomic E-state index is 13.7. The Morgan fingerprint density at radius 1 is 1.05 bits per heavy atom. The van der Waals surface area contributed by atoms with E-state index in [-0.39, 0.29) is 11.7 Å². The first-order chi connectivity index (χ1) is 9.51. The van der Waals surface area contributed by atoms with Gasteiger partial charge in [0.15, 0.2) is 0 Å². The summed E-state index contributed by atoms with van der Waals surface area (Å²) in [6.07, 6.45) is 0.717. The monoisotopic (exact) mass is 315 g/mol. The fourth-order valence-corrected chi connectivity index (χ4v) is 2.25. The molecule has 0 fully saturated rings. The minimum Gasteiger partial charge on any atom is -0.376 e. The summed E-state index contributed by atoms with van der Waals surface area (Å²) in [6, 6.07) is 8.58. The zero-order chi connectivity index (χ0) is 14.7. The lowest BCUT2D eigenvalue weighted by molar-refractivity contribution is 0.582. The van der Waals surface area contributed by atoms with Crippen molar-refractivity contribution in [2.75, 3.05) is 5.32 Å². The van der Waals surface area contributed by atoms with Crippen molar-refractivity contribution in [2.24, 2.45) is 0 Å². The molecule has 0 aliphatic rings. The Morgan fingerprint density at radius 2 is 1.80 bits per heavy atom. The fourth-order valence-electron chi connectivity index (χ4n) is 1.94. The van der Waals surface area contributed by atoms with E-state index in [1.807, 2.05) is 13.0 Å². The van der Waals surface area contributed by atoms with Crippen LogP contribution < -0.4 is 5.32 Å². The lowest BCUT2D eigenvalue weighted by Gasteiger charge is -2.19. The van der Waals surface area contributed by atoms with Crippen LogP contribution in [0.25, 0.3) is 0 Å². The van der Waals surface area contributed by atoms with E-state index in [1.54, 1.807) is 12.1 Å². The van der Waals surface area contributed by atoms with E-state index in [0.29, 0.717) is 10.0 Å². The molecule has 0 spiro atoms. The van der Waals surface area contributed by atoms with E-state index in [2.05, 4.69) is 5.32 Å². The molecule has 1 N–H and O–H groups in total. The third-order valence-electron chi connectivity index (χ3n) is 3.02. The van der Waals surface area contributed by atoms with Crippen molar-refractivity contribution in [3.63, 3.8) is 0 Å². The molecule has 20 heavy (non-hydrogen) atoms. The van der Waals surface area contributed by atoms with Crippen LogP contribution >= 0.6 is 23.2 Å². The van der Waals surface area contributed by atoms with Gasteiger partial charge >= 0.3 is 0 Å². The SMILES string of the molecule is CCC(Nc1ccc(F)cc1F)c1ccc(Cl)c(Cl)c1. The van der Waals surface area contributed by atoms with Crippen molar-refractivity contribution in [1.29, 1.82) is 0 Å². The molecule has 5 heteroatoms. The summed E-state index contributed by atoms with van der Waals surface area (Å²) in [5, 5.41) is 3.96. The molecule has 1 nitrogen and oxygen atoms in total. The molecular formula is C15H13Cl2F2N. The molecule has 0 radical (unpaired) electrons. The molecule has 2 aromatic rings. The highest BCUT2D eigenvalue weighted by Gasteiger charge is 2.13. The van der Waals surface area contributed by atoms with Gasteiger partial charge in [0.05, 0.1) is 21.8 Å². The number of anilines is 1. The minimum absolute atomic E-state index is 0.135. The Bertz CT molecular complexity index is 617. The van der Waals surface area contributed by atoms with Gasteiger partial charge in [-0.2, -0.15) is 0 Å². The Kier molecular flexibility index (Phi) is 4.84. The van der Waals surface area contributed by atoms with Crippen molar-refractivity contribution >= 4 is 28.9 Å².